The number of alkyl halides is 3. The molecule has 34 heavy (non-hydrogen) atoms. The van der Waals surface area contributed by atoms with Crippen molar-refractivity contribution >= 4 is 51.7 Å². The van der Waals surface area contributed by atoms with Gasteiger partial charge in [-0.05, 0) is 60.2 Å². The van der Waals surface area contributed by atoms with Gasteiger partial charge in [0.25, 0.3) is 0 Å². The molecule has 10 heteroatoms. The number of aromatic amines is 1. The van der Waals surface area contributed by atoms with Crippen LogP contribution in [0.15, 0.2) is 79.3 Å². The second-order valence-corrected chi connectivity index (χ2v) is 7.55. The van der Waals surface area contributed by atoms with Crippen molar-refractivity contribution in [1.82, 2.24) is 14.5 Å². The van der Waals surface area contributed by atoms with Gasteiger partial charge in [-0.2, -0.15) is 13.2 Å². The molecule has 174 valence electrons. The van der Waals surface area contributed by atoms with Gasteiger partial charge in [-0.15, -0.1) is 12.4 Å². The Bertz CT molecular complexity index is 1460. The second-order valence-electron chi connectivity index (χ2n) is 7.55. The minimum absolute atomic E-state index is 0. The topological polar surface area (TPSA) is 74.7 Å². The Kier molecular flexibility index (Phi) is 6.21. The fraction of sp³-hybridized carbons (Fsp3) is 0.0833. The first-order chi connectivity index (χ1) is 15.9. The minimum atomic E-state index is -4.42. The molecule has 2 aromatic carbocycles. The average molecular weight is 486 g/mol. The van der Waals surface area contributed by atoms with Gasteiger partial charge in [-0.25, -0.2) is 9.78 Å². The van der Waals surface area contributed by atoms with E-state index in [9.17, 15) is 18.0 Å². The number of pyridine rings is 1. The van der Waals surface area contributed by atoms with Gasteiger partial charge < -0.3 is 20.2 Å². The third-order valence-electron chi connectivity index (χ3n) is 5.42. The number of fused-ring (bicyclic) bond motifs is 2. The average Bonchev–Trinajstić information content (AvgIpc) is 3.42. The minimum Gasteiger partial charge on any atom is -0.346 e. The van der Waals surface area contributed by atoms with E-state index in [0.29, 0.717) is 12.2 Å². The Balaban J connectivity index is 0.00000274. The monoisotopic (exact) mass is 485 g/mol. The van der Waals surface area contributed by atoms with Gasteiger partial charge in [-0.3, -0.25) is 0 Å². The molecule has 0 unspecified atom stereocenters. The number of benzene rings is 2. The number of carbonyl (C=O) groups excluding carboxylic acids is 1. The van der Waals surface area contributed by atoms with Crippen LogP contribution in [0.2, 0.25) is 0 Å². The van der Waals surface area contributed by atoms with Gasteiger partial charge in [0.1, 0.15) is 5.65 Å². The van der Waals surface area contributed by atoms with Gasteiger partial charge >= 0.3 is 12.2 Å². The van der Waals surface area contributed by atoms with Gasteiger partial charge in [0.2, 0.25) is 0 Å². The van der Waals surface area contributed by atoms with Crippen LogP contribution in [0.3, 0.4) is 0 Å². The molecule has 5 aromatic rings. The quantitative estimate of drug-likeness (QED) is 0.266. The van der Waals surface area contributed by atoms with Gasteiger partial charge in [0, 0.05) is 41.6 Å². The number of nitrogens with one attached hydrogen (secondary N) is 3. The highest BCUT2D eigenvalue weighted by molar-refractivity contribution is 6.05. The molecule has 3 heterocycles. The largest absolute Gasteiger partial charge is 0.416 e. The number of nitrogens with zero attached hydrogens (tertiary/aromatic N) is 2. The maximum absolute atomic E-state index is 12.7. The maximum Gasteiger partial charge on any atom is 0.416 e. The van der Waals surface area contributed by atoms with Gasteiger partial charge in [-0.1, -0.05) is 6.07 Å². The van der Waals surface area contributed by atoms with Crippen molar-refractivity contribution in [1.29, 1.82) is 0 Å². The number of amides is 2. The summed E-state index contributed by atoms with van der Waals surface area (Å²) in [6.45, 7) is 0.627. The number of carbonyl (C=O) groups is 1. The number of aromatic nitrogens is 3. The van der Waals surface area contributed by atoms with Crippen molar-refractivity contribution in [2.24, 2.45) is 0 Å². The third kappa shape index (κ3) is 4.55. The molecule has 0 aliphatic heterocycles. The molecule has 5 rings (SSSR count). The van der Waals surface area contributed by atoms with Crippen molar-refractivity contribution < 1.29 is 18.0 Å². The van der Waals surface area contributed by atoms with Crippen molar-refractivity contribution in [3.05, 3.63) is 90.4 Å². The second kappa shape index (κ2) is 9.11. The predicted octanol–water partition coefficient (Wildman–Crippen LogP) is 6.65. The first-order valence-corrected chi connectivity index (χ1v) is 10.1. The summed E-state index contributed by atoms with van der Waals surface area (Å²) < 4.78 is 40.2. The number of halogens is 4. The number of urea groups is 1. The summed E-state index contributed by atoms with van der Waals surface area (Å²) in [5.74, 6) is 0. The summed E-state index contributed by atoms with van der Waals surface area (Å²) in [6.07, 6.45) is 1.14. The zero-order valence-corrected chi connectivity index (χ0v) is 18.4. The van der Waals surface area contributed by atoms with E-state index in [1.165, 1.54) is 12.1 Å². The lowest BCUT2D eigenvalue weighted by atomic mass is 10.2. The van der Waals surface area contributed by atoms with Crippen molar-refractivity contribution in [3.63, 3.8) is 0 Å². The Labute approximate surface area is 198 Å². The molecule has 0 aliphatic rings. The Morgan fingerprint density at radius 3 is 2.53 bits per heavy atom. The number of H-pyrrole nitrogens is 1. The predicted molar refractivity (Wildman–Crippen MR) is 128 cm³/mol. The molecule has 0 saturated heterocycles. The van der Waals surface area contributed by atoms with Crippen LogP contribution in [0.1, 0.15) is 11.1 Å². The van der Waals surface area contributed by atoms with E-state index >= 15 is 0 Å². The lowest BCUT2D eigenvalue weighted by Crippen LogP contribution is -2.19. The van der Waals surface area contributed by atoms with Gasteiger partial charge in [0.15, 0.2) is 0 Å². The summed E-state index contributed by atoms with van der Waals surface area (Å²) in [6, 6.07) is 15.2. The highest BCUT2D eigenvalue weighted by atomic mass is 35.5. The molecule has 0 bridgehead atoms. The van der Waals surface area contributed by atoms with Crippen LogP contribution >= 0.6 is 12.4 Å². The normalized spacial score (nSPS) is 11.4. The lowest BCUT2D eigenvalue weighted by molar-refractivity contribution is -0.137. The van der Waals surface area contributed by atoms with E-state index in [1.807, 2.05) is 42.7 Å². The molecular weight excluding hydrogens is 467 g/mol. The van der Waals surface area contributed by atoms with Crippen LogP contribution < -0.4 is 10.6 Å². The summed E-state index contributed by atoms with van der Waals surface area (Å²) >= 11 is 0. The fourth-order valence-electron chi connectivity index (χ4n) is 3.84. The standard InChI is InChI=1S/C24H18F3N5O.ClH/c25-24(26,27)16-4-6-17(7-5-16)30-23(33)31-20-2-1-3-21-19(20)10-13-32(21)14-15-8-11-28-22-18(15)9-12-29-22;/h1-13H,14H2,(H,28,29)(H2,30,31,33);1H. The van der Waals surface area contributed by atoms with Crippen LogP contribution in [0, 0.1) is 0 Å². The fourth-order valence-corrected chi connectivity index (χ4v) is 3.84. The van der Waals surface area contributed by atoms with Crippen molar-refractivity contribution in [2.45, 2.75) is 12.7 Å². The molecule has 3 N–H and O–H groups in total. The van der Waals surface area contributed by atoms with Crippen LogP contribution in [-0.4, -0.2) is 20.6 Å². The first kappa shape index (κ1) is 23.2. The molecule has 0 saturated carbocycles. The highest BCUT2D eigenvalue weighted by Gasteiger charge is 2.30. The maximum atomic E-state index is 12.7. The van der Waals surface area contributed by atoms with Crippen molar-refractivity contribution in [3.8, 4) is 0 Å². The number of hydrogen-bond donors (Lipinski definition) is 3. The highest BCUT2D eigenvalue weighted by Crippen LogP contribution is 2.30. The molecule has 0 radical (unpaired) electrons. The molecule has 2 amide bonds. The number of hydrogen-bond acceptors (Lipinski definition) is 2. The molecule has 0 atom stereocenters. The lowest BCUT2D eigenvalue weighted by Gasteiger charge is -2.11. The summed E-state index contributed by atoms with van der Waals surface area (Å²) in [5.41, 5.74) is 2.95. The molecule has 6 nitrogen and oxygen atoms in total. The van der Waals surface area contributed by atoms with E-state index in [0.717, 1.165) is 39.6 Å². The van der Waals surface area contributed by atoms with Crippen LogP contribution in [0.4, 0.5) is 29.3 Å². The molecule has 3 aromatic heterocycles. The Hall–Kier alpha value is -3.98. The molecule has 0 fully saturated rings. The summed E-state index contributed by atoms with van der Waals surface area (Å²) in [5, 5.41) is 7.24. The van der Waals surface area contributed by atoms with E-state index in [-0.39, 0.29) is 18.1 Å². The van der Waals surface area contributed by atoms with E-state index in [2.05, 4.69) is 25.2 Å². The van der Waals surface area contributed by atoms with E-state index in [4.69, 9.17) is 0 Å². The summed E-state index contributed by atoms with van der Waals surface area (Å²) in [4.78, 5) is 19.9. The van der Waals surface area contributed by atoms with Gasteiger partial charge in [0.05, 0.1) is 16.8 Å². The molecular formula is C24H19ClF3N5O. The summed E-state index contributed by atoms with van der Waals surface area (Å²) in [7, 11) is 0. The Morgan fingerprint density at radius 2 is 1.76 bits per heavy atom. The SMILES string of the molecule is Cl.O=C(Nc1ccc(C(F)(F)F)cc1)Nc1cccc2c1ccn2Cc1ccnc2[nH]ccc12. The Morgan fingerprint density at radius 1 is 0.971 bits per heavy atom. The van der Waals surface area contributed by atoms with Crippen LogP contribution in [0.5, 0.6) is 0 Å². The van der Waals surface area contributed by atoms with Crippen molar-refractivity contribution in [2.75, 3.05) is 10.6 Å². The van der Waals surface area contributed by atoms with Crippen LogP contribution in [-0.2, 0) is 12.7 Å². The number of anilines is 2. The third-order valence-corrected chi connectivity index (χ3v) is 5.42. The number of rotatable bonds is 4. The molecule has 0 spiro atoms. The zero-order valence-electron chi connectivity index (χ0n) is 17.6. The smallest absolute Gasteiger partial charge is 0.346 e. The molecule has 0 aliphatic carbocycles. The zero-order chi connectivity index (χ0) is 23.0. The van der Waals surface area contributed by atoms with E-state index in [1.54, 1.807) is 12.3 Å². The van der Waals surface area contributed by atoms with Crippen LogP contribution in [0.25, 0.3) is 21.9 Å². The first-order valence-electron chi connectivity index (χ1n) is 10.1. The van der Waals surface area contributed by atoms with E-state index < -0.39 is 17.8 Å².